The number of imide groups is 1. The fraction of sp³-hybridized carbons (Fsp3) is 0.167. The normalized spacial score (nSPS) is 18.8. The summed E-state index contributed by atoms with van der Waals surface area (Å²) in [5.41, 5.74) is -2.15. The van der Waals surface area contributed by atoms with Crippen LogP contribution in [0.1, 0.15) is 13.8 Å². The minimum absolute atomic E-state index is 0.0579. The second-order valence-corrected chi connectivity index (χ2v) is 6.43. The van der Waals surface area contributed by atoms with Gasteiger partial charge in [-0.15, -0.1) is 0 Å². The highest BCUT2D eigenvalue weighted by Crippen LogP contribution is 2.37. The van der Waals surface area contributed by atoms with E-state index in [0.717, 1.165) is 41.0 Å². The molecule has 0 radical (unpaired) electrons. The summed E-state index contributed by atoms with van der Waals surface area (Å²) in [7, 11) is 0. The summed E-state index contributed by atoms with van der Waals surface area (Å²) < 4.78 is 0. The number of urea groups is 1. The molecule has 1 heterocycles. The molecular formula is C18H14N4O7. The monoisotopic (exact) mass is 398 g/mol. The highest BCUT2D eigenvalue weighted by atomic mass is 16.6. The van der Waals surface area contributed by atoms with Gasteiger partial charge in [-0.2, -0.15) is 0 Å². The molecule has 148 valence electrons. The Morgan fingerprint density at radius 1 is 0.862 bits per heavy atom. The Morgan fingerprint density at radius 3 is 1.66 bits per heavy atom. The Labute approximate surface area is 163 Å². The number of rotatable bonds is 5. The van der Waals surface area contributed by atoms with Crippen LogP contribution in [0.4, 0.5) is 27.5 Å². The quantitative estimate of drug-likeness (QED) is 0.326. The van der Waals surface area contributed by atoms with Crippen molar-refractivity contribution in [2.24, 2.45) is 0 Å². The first-order valence-electron chi connectivity index (χ1n) is 8.27. The van der Waals surface area contributed by atoms with E-state index in [-0.39, 0.29) is 22.7 Å². The van der Waals surface area contributed by atoms with Crippen molar-refractivity contribution in [2.45, 2.75) is 19.4 Å². The topological polar surface area (TPSA) is 144 Å². The molecule has 0 bridgehead atoms. The minimum atomic E-state index is -1.88. The molecule has 1 aliphatic heterocycles. The third-order valence-electron chi connectivity index (χ3n) is 4.77. The van der Waals surface area contributed by atoms with Gasteiger partial charge in [0.05, 0.1) is 15.5 Å². The highest BCUT2D eigenvalue weighted by Gasteiger charge is 2.58. The fourth-order valence-corrected chi connectivity index (χ4v) is 3.04. The molecule has 0 spiro atoms. The van der Waals surface area contributed by atoms with Gasteiger partial charge in [0.15, 0.2) is 11.3 Å². The number of anilines is 2. The Hall–Kier alpha value is -4.15. The van der Waals surface area contributed by atoms with Crippen molar-refractivity contribution >= 4 is 40.5 Å². The molecule has 0 aromatic heterocycles. The molecule has 3 rings (SSSR count). The van der Waals surface area contributed by atoms with E-state index in [1.807, 2.05) is 0 Å². The summed E-state index contributed by atoms with van der Waals surface area (Å²) in [6.45, 7) is 2.44. The zero-order valence-corrected chi connectivity index (χ0v) is 15.3. The summed E-state index contributed by atoms with van der Waals surface area (Å²) in [6, 6.07) is 8.72. The third-order valence-corrected chi connectivity index (χ3v) is 4.77. The standard InChI is InChI=1S/C18H14N4O7/c1-11(23)18(2)16(24)19(12-3-7-14(8-4-12)21(26)27)17(25)20(18)13-5-9-15(10-6-13)22(28)29/h3-10H,1-2H3/t18-/m0/s1. The van der Waals surface area contributed by atoms with Gasteiger partial charge < -0.3 is 0 Å². The van der Waals surface area contributed by atoms with Crippen molar-refractivity contribution in [3.05, 3.63) is 68.8 Å². The summed E-state index contributed by atoms with van der Waals surface area (Å²) in [6.07, 6.45) is 0. The lowest BCUT2D eigenvalue weighted by Crippen LogP contribution is -2.53. The largest absolute Gasteiger partial charge is 0.337 e. The van der Waals surface area contributed by atoms with Gasteiger partial charge >= 0.3 is 6.03 Å². The average molecular weight is 398 g/mol. The molecule has 0 aliphatic carbocycles. The smallest absolute Gasteiger partial charge is 0.297 e. The summed E-state index contributed by atoms with van der Waals surface area (Å²) >= 11 is 0. The number of carbonyl (C=O) groups excluding carboxylic acids is 3. The maximum atomic E-state index is 13.1. The van der Waals surface area contributed by atoms with Crippen LogP contribution in [0.25, 0.3) is 0 Å². The van der Waals surface area contributed by atoms with Crippen LogP contribution >= 0.6 is 0 Å². The van der Waals surface area contributed by atoms with Crippen molar-refractivity contribution in [1.82, 2.24) is 0 Å². The second kappa shape index (κ2) is 6.78. The van der Waals surface area contributed by atoms with Crippen LogP contribution in [0.3, 0.4) is 0 Å². The Kier molecular flexibility index (Phi) is 4.59. The minimum Gasteiger partial charge on any atom is -0.297 e. The fourth-order valence-electron chi connectivity index (χ4n) is 3.04. The molecule has 3 amide bonds. The van der Waals surface area contributed by atoms with Crippen LogP contribution in [0.5, 0.6) is 0 Å². The first-order valence-corrected chi connectivity index (χ1v) is 8.27. The summed E-state index contributed by atoms with van der Waals surface area (Å²) in [5, 5.41) is 21.7. The number of hydrogen-bond donors (Lipinski definition) is 0. The maximum Gasteiger partial charge on any atom is 0.337 e. The lowest BCUT2D eigenvalue weighted by atomic mass is 9.95. The van der Waals surface area contributed by atoms with Crippen molar-refractivity contribution in [3.8, 4) is 0 Å². The van der Waals surface area contributed by atoms with Gasteiger partial charge in [-0.05, 0) is 38.1 Å². The molecule has 2 aromatic rings. The molecule has 29 heavy (non-hydrogen) atoms. The third kappa shape index (κ3) is 2.98. The van der Waals surface area contributed by atoms with Crippen molar-refractivity contribution in [1.29, 1.82) is 0 Å². The van der Waals surface area contributed by atoms with Gasteiger partial charge in [-0.1, -0.05) is 0 Å². The number of ketones is 1. The van der Waals surface area contributed by atoms with E-state index in [1.54, 1.807) is 0 Å². The van der Waals surface area contributed by atoms with Gasteiger partial charge in [-0.25, -0.2) is 9.69 Å². The first kappa shape index (κ1) is 19.6. The molecule has 11 nitrogen and oxygen atoms in total. The highest BCUT2D eigenvalue weighted by molar-refractivity contribution is 6.37. The number of amides is 3. The van der Waals surface area contributed by atoms with Gasteiger partial charge in [0.1, 0.15) is 0 Å². The molecular weight excluding hydrogens is 384 g/mol. The SMILES string of the molecule is CC(=O)[C@@]1(C)C(=O)N(c2ccc([N+](=O)[O-])cc2)C(=O)N1c1ccc([N+](=O)[O-])cc1. The molecule has 1 fully saturated rings. The molecule has 1 saturated heterocycles. The van der Waals surface area contributed by atoms with Crippen LogP contribution in [-0.2, 0) is 9.59 Å². The predicted octanol–water partition coefficient (Wildman–Crippen LogP) is 2.82. The van der Waals surface area contributed by atoms with E-state index in [9.17, 15) is 34.6 Å². The number of nitrogens with zero attached hydrogens (tertiary/aromatic N) is 4. The van der Waals surface area contributed by atoms with Gasteiger partial charge in [-0.3, -0.25) is 34.7 Å². The zero-order valence-electron chi connectivity index (χ0n) is 15.3. The molecule has 11 heteroatoms. The van der Waals surface area contributed by atoms with E-state index in [2.05, 4.69) is 0 Å². The predicted molar refractivity (Wildman–Crippen MR) is 101 cm³/mol. The van der Waals surface area contributed by atoms with Crippen LogP contribution in [0, 0.1) is 20.2 Å². The molecule has 1 atom stereocenters. The number of non-ortho nitro benzene ring substituents is 2. The van der Waals surface area contributed by atoms with E-state index in [1.165, 1.54) is 31.2 Å². The maximum absolute atomic E-state index is 13.1. The molecule has 0 saturated carbocycles. The first-order chi connectivity index (χ1) is 13.6. The Bertz CT molecular complexity index is 1050. The van der Waals surface area contributed by atoms with Gasteiger partial charge in [0.25, 0.3) is 17.3 Å². The van der Waals surface area contributed by atoms with Gasteiger partial charge in [0.2, 0.25) is 0 Å². The number of carbonyl (C=O) groups is 3. The van der Waals surface area contributed by atoms with Crippen LogP contribution in [0.15, 0.2) is 48.5 Å². The summed E-state index contributed by atoms with van der Waals surface area (Å²) in [4.78, 5) is 60.7. The number of hydrogen-bond acceptors (Lipinski definition) is 7. The van der Waals surface area contributed by atoms with Crippen LogP contribution in [0.2, 0.25) is 0 Å². The molecule has 1 aliphatic rings. The number of nitro groups is 2. The van der Waals surface area contributed by atoms with Crippen molar-refractivity contribution in [3.63, 3.8) is 0 Å². The van der Waals surface area contributed by atoms with E-state index < -0.39 is 33.1 Å². The van der Waals surface area contributed by atoms with Crippen LogP contribution < -0.4 is 9.80 Å². The number of benzene rings is 2. The number of nitro benzene ring substituents is 2. The molecule has 0 unspecified atom stereocenters. The van der Waals surface area contributed by atoms with E-state index in [0.29, 0.717) is 0 Å². The lowest BCUT2D eigenvalue weighted by Gasteiger charge is -2.29. The second-order valence-electron chi connectivity index (χ2n) is 6.43. The van der Waals surface area contributed by atoms with Crippen LogP contribution in [-0.4, -0.2) is 33.1 Å². The molecule has 0 N–H and O–H groups in total. The lowest BCUT2D eigenvalue weighted by molar-refractivity contribution is -0.385. The summed E-state index contributed by atoms with van der Waals surface area (Å²) in [5.74, 6) is -1.44. The molecule has 2 aromatic carbocycles. The average Bonchev–Trinajstić information content (AvgIpc) is 2.88. The van der Waals surface area contributed by atoms with E-state index >= 15 is 0 Å². The number of Topliss-reactive ketones (excluding diaryl/α,β-unsaturated/α-hetero) is 1. The van der Waals surface area contributed by atoms with E-state index in [4.69, 9.17) is 0 Å². The Morgan fingerprint density at radius 2 is 1.28 bits per heavy atom. The zero-order chi connectivity index (χ0) is 21.5. The van der Waals surface area contributed by atoms with Crippen molar-refractivity contribution < 1.29 is 24.2 Å². The van der Waals surface area contributed by atoms with Gasteiger partial charge in [0, 0.05) is 30.0 Å². The van der Waals surface area contributed by atoms with Crippen molar-refractivity contribution in [2.75, 3.05) is 9.80 Å². The Balaban J connectivity index is 2.09.